The van der Waals surface area contributed by atoms with Crippen LogP contribution in [0.1, 0.15) is 6.42 Å². The molecule has 0 aliphatic carbocycles. The van der Waals surface area contributed by atoms with Gasteiger partial charge in [-0.15, -0.1) is 5.10 Å². The first-order valence-corrected chi connectivity index (χ1v) is 10.5. The fraction of sp³-hybridized carbons (Fsp3) is 0.136. The Kier molecular flexibility index (Phi) is 4.36. The van der Waals surface area contributed by atoms with Crippen molar-refractivity contribution in [1.29, 1.82) is 0 Å². The Balaban J connectivity index is 1.45. The van der Waals surface area contributed by atoms with E-state index in [4.69, 9.17) is 16.6 Å². The second-order valence-corrected chi connectivity index (χ2v) is 7.96. The van der Waals surface area contributed by atoms with Gasteiger partial charge in [-0.1, -0.05) is 16.8 Å². The zero-order chi connectivity index (χ0) is 21.7. The Bertz CT molecular complexity index is 1470. The van der Waals surface area contributed by atoms with E-state index in [0.717, 1.165) is 42.1 Å². The number of halogens is 2. The van der Waals surface area contributed by atoms with Gasteiger partial charge in [0.1, 0.15) is 17.2 Å². The highest BCUT2D eigenvalue weighted by Crippen LogP contribution is 2.34. The van der Waals surface area contributed by atoms with E-state index in [9.17, 15) is 4.39 Å². The molecular weight excluding hydrogens is 431 g/mol. The largest absolute Gasteiger partial charge is 0.368 e. The van der Waals surface area contributed by atoms with Gasteiger partial charge >= 0.3 is 0 Å². The van der Waals surface area contributed by atoms with E-state index >= 15 is 0 Å². The Morgan fingerprint density at radius 2 is 1.97 bits per heavy atom. The molecule has 0 saturated heterocycles. The monoisotopic (exact) mass is 446 g/mol. The van der Waals surface area contributed by atoms with Gasteiger partial charge in [0.2, 0.25) is 0 Å². The molecule has 0 bridgehead atoms. The number of fused-ring (bicyclic) bond motifs is 2. The highest BCUT2D eigenvalue weighted by molar-refractivity contribution is 6.30. The number of benzene rings is 1. The third-order valence-electron chi connectivity index (χ3n) is 5.48. The summed E-state index contributed by atoms with van der Waals surface area (Å²) in [5.41, 5.74) is 5.06. The Hall–Kier alpha value is -3.85. The number of H-pyrrole nitrogens is 1. The van der Waals surface area contributed by atoms with Crippen LogP contribution in [0.15, 0.2) is 48.8 Å². The highest BCUT2D eigenvalue weighted by Gasteiger charge is 2.19. The molecule has 0 unspecified atom stereocenters. The van der Waals surface area contributed by atoms with E-state index in [1.54, 1.807) is 18.5 Å². The Labute approximate surface area is 186 Å². The molecule has 1 aliphatic heterocycles. The second kappa shape index (κ2) is 7.38. The molecule has 6 rings (SSSR count). The van der Waals surface area contributed by atoms with Crippen LogP contribution in [-0.4, -0.2) is 41.7 Å². The summed E-state index contributed by atoms with van der Waals surface area (Å²) in [6, 6.07) is 10.0. The minimum Gasteiger partial charge on any atom is -0.368 e. The van der Waals surface area contributed by atoms with Gasteiger partial charge in [-0.3, -0.25) is 10.1 Å². The van der Waals surface area contributed by atoms with Gasteiger partial charge in [0.05, 0.1) is 16.7 Å². The van der Waals surface area contributed by atoms with Gasteiger partial charge in [0, 0.05) is 47.2 Å². The van der Waals surface area contributed by atoms with Gasteiger partial charge in [-0.25, -0.2) is 14.1 Å². The number of aromatic amines is 1. The van der Waals surface area contributed by atoms with Crippen molar-refractivity contribution in [2.24, 2.45) is 0 Å². The minimum absolute atomic E-state index is 0.310. The molecule has 0 saturated carbocycles. The van der Waals surface area contributed by atoms with Gasteiger partial charge < -0.3 is 5.32 Å². The quantitative estimate of drug-likeness (QED) is 0.422. The number of nitrogens with zero attached hydrogens (tertiary/aromatic N) is 6. The van der Waals surface area contributed by atoms with E-state index in [2.05, 4.69) is 30.8 Å². The van der Waals surface area contributed by atoms with Gasteiger partial charge in [-0.05, 0) is 42.8 Å². The summed E-state index contributed by atoms with van der Waals surface area (Å²) in [5, 5.41) is 19.4. The van der Waals surface area contributed by atoms with E-state index < -0.39 is 5.82 Å². The lowest BCUT2D eigenvalue weighted by molar-refractivity contribution is 0.549. The molecule has 10 heteroatoms. The number of aryl methyl sites for hydroxylation is 1. The van der Waals surface area contributed by atoms with Crippen molar-refractivity contribution in [3.05, 3.63) is 59.6 Å². The number of anilines is 1. The SMILES string of the molecule is Fc1ccc(Cl)cc1-c1n[nH]cc1-c1ccc2ncc(-c3nnn4c3NCCC4)cc2n1. The van der Waals surface area contributed by atoms with Gasteiger partial charge in [0.25, 0.3) is 0 Å². The maximum absolute atomic E-state index is 14.5. The lowest BCUT2D eigenvalue weighted by Crippen LogP contribution is -2.17. The van der Waals surface area contributed by atoms with Crippen molar-refractivity contribution in [3.8, 4) is 33.8 Å². The second-order valence-electron chi connectivity index (χ2n) is 7.52. The Morgan fingerprint density at radius 3 is 2.91 bits per heavy atom. The van der Waals surface area contributed by atoms with Crippen molar-refractivity contribution in [2.75, 3.05) is 11.9 Å². The molecule has 1 aromatic carbocycles. The molecule has 0 spiro atoms. The summed E-state index contributed by atoms with van der Waals surface area (Å²) in [4.78, 5) is 9.33. The van der Waals surface area contributed by atoms with Crippen molar-refractivity contribution in [3.63, 3.8) is 0 Å². The van der Waals surface area contributed by atoms with Gasteiger partial charge in [0.15, 0.2) is 5.82 Å². The molecule has 0 radical (unpaired) electrons. The average Bonchev–Trinajstić information content (AvgIpc) is 3.47. The number of aromatic nitrogens is 7. The molecule has 0 fully saturated rings. The highest BCUT2D eigenvalue weighted by atomic mass is 35.5. The van der Waals surface area contributed by atoms with Crippen LogP contribution in [0.2, 0.25) is 5.02 Å². The molecule has 5 heterocycles. The fourth-order valence-electron chi connectivity index (χ4n) is 3.93. The number of pyridine rings is 2. The zero-order valence-electron chi connectivity index (χ0n) is 16.7. The molecule has 5 aromatic rings. The third-order valence-corrected chi connectivity index (χ3v) is 5.72. The van der Waals surface area contributed by atoms with E-state index in [1.807, 2.05) is 22.9 Å². The first kappa shape index (κ1) is 18.9. The summed E-state index contributed by atoms with van der Waals surface area (Å²) in [6.07, 6.45) is 4.48. The molecule has 0 atom stereocenters. The third kappa shape index (κ3) is 3.09. The van der Waals surface area contributed by atoms with Crippen LogP contribution < -0.4 is 5.32 Å². The lowest BCUT2D eigenvalue weighted by Gasteiger charge is -2.15. The smallest absolute Gasteiger partial charge is 0.153 e. The lowest BCUT2D eigenvalue weighted by atomic mass is 10.0. The van der Waals surface area contributed by atoms with Crippen molar-refractivity contribution in [2.45, 2.75) is 13.0 Å². The van der Waals surface area contributed by atoms with Crippen LogP contribution in [0.4, 0.5) is 10.2 Å². The van der Waals surface area contributed by atoms with Crippen LogP contribution in [0.3, 0.4) is 0 Å². The topological polar surface area (TPSA) is 97.2 Å². The first-order chi connectivity index (χ1) is 15.7. The fourth-order valence-corrected chi connectivity index (χ4v) is 4.10. The summed E-state index contributed by atoms with van der Waals surface area (Å²) in [7, 11) is 0. The van der Waals surface area contributed by atoms with Gasteiger partial charge in [-0.2, -0.15) is 5.10 Å². The number of nitrogens with one attached hydrogen (secondary N) is 2. The Morgan fingerprint density at radius 1 is 1.03 bits per heavy atom. The molecule has 0 amide bonds. The molecule has 1 aliphatic rings. The van der Waals surface area contributed by atoms with Crippen molar-refractivity contribution < 1.29 is 4.39 Å². The summed E-state index contributed by atoms with van der Waals surface area (Å²) >= 11 is 6.08. The molecule has 158 valence electrons. The van der Waals surface area contributed by atoms with E-state index in [1.165, 1.54) is 12.1 Å². The summed E-state index contributed by atoms with van der Waals surface area (Å²) in [6.45, 7) is 1.72. The number of hydrogen-bond donors (Lipinski definition) is 2. The van der Waals surface area contributed by atoms with E-state index in [0.29, 0.717) is 33.1 Å². The van der Waals surface area contributed by atoms with Crippen LogP contribution >= 0.6 is 11.6 Å². The molecule has 2 N–H and O–H groups in total. The maximum Gasteiger partial charge on any atom is 0.153 e. The standard InChI is InChI=1S/C22H16ClFN8/c23-13-2-3-16(24)14(9-13)21-15(11-27-29-21)17-4-5-18-19(28-17)8-12(10-26-18)20-22-25-6-1-7-32(22)31-30-20/h2-5,8-11,25H,1,6-7H2,(H,27,29). The maximum atomic E-state index is 14.5. The molecule has 8 nitrogen and oxygen atoms in total. The average molecular weight is 447 g/mol. The normalized spacial score (nSPS) is 13.2. The predicted octanol–water partition coefficient (Wildman–Crippen LogP) is 4.55. The number of hydrogen-bond acceptors (Lipinski definition) is 6. The molecule has 32 heavy (non-hydrogen) atoms. The predicted molar refractivity (Wildman–Crippen MR) is 120 cm³/mol. The number of rotatable bonds is 3. The van der Waals surface area contributed by atoms with Crippen LogP contribution in [0.5, 0.6) is 0 Å². The van der Waals surface area contributed by atoms with Crippen LogP contribution in [0.25, 0.3) is 44.8 Å². The van der Waals surface area contributed by atoms with Crippen molar-refractivity contribution in [1.82, 2.24) is 35.2 Å². The van der Waals surface area contributed by atoms with Crippen LogP contribution in [-0.2, 0) is 6.54 Å². The summed E-state index contributed by atoms with van der Waals surface area (Å²) < 4.78 is 16.3. The molecular formula is C22H16ClFN8. The van der Waals surface area contributed by atoms with Crippen LogP contribution in [0, 0.1) is 5.82 Å². The van der Waals surface area contributed by atoms with E-state index in [-0.39, 0.29) is 0 Å². The minimum atomic E-state index is -0.406. The van der Waals surface area contributed by atoms with Crippen molar-refractivity contribution >= 4 is 28.5 Å². The first-order valence-electron chi connectivity index (χ1n) is 10.1. The summed E-state index contributed by atoms with van der Waals surface area (Å²) in [5.74, 6) is 0.485. The molecule has 4 aromatic heterocycles. The zero-order valence-corrected chi connectivity index (χ0v) is 17.4.